The lowest BCUT2D eigenvalue weighted by atomic mass is 10.2. The van der Waals surface area contributed by atoms with Gasteiger partial charge in [-0.15, -0.1) is 0 Å². The second kappa shape index (κ2) is 4.87. The van der Waals surface area contributed by atoms with Gasteiger partial charge in [-0.05, 0) is 19.9 Å². The van der Waals surface area contributed by atoms with Gasteiger partial charge in [-0.3, -0.25) is 9.78 Å². The zero-order valence-corrected chi connectivity index (χ0v) is 10.2. The number of anilines is 1. The maximum atomic E-state index is 11.9. The highest BCUT2D eigenvalue weighted by molar-refractivity contribution is 5.98. The predicted molar refractivity (Wildman–Crippen MR) is 65.8 cm³/mol. The van der Waals surface area contributed by atoms with Gasteiger partial charge in [-0.25, -0.2) is 0 Å². The van der Waals surface area contributed by atoms with Crippen LogP contribution in [-0.2, 0) is 6.54 Å². The Balaban J connectivity index is 2.03. The monoisotopic (exact) mass is 246 g/mol. The minimum Gasteiger partial charge on any atom is -0.398 e. The number of hydrogen-bond acceptors (Lipinski definition) is 5. The molecule has 3 N–H and O–H groups in total. The molecule has 18 heavy (non-hydrogen) atoms. The number of nitrogens with zero attached hydrogens (tertiary/aromatic N) is 2. The summed E-state index contributed by atoms with van der Waals surface area (Å²) in [5.41, 5.74) is 8.07. The highest BCUT2D eigenvalue weighted by Crippen LogP contribution is 2.11. The smallest absolute Gasteiger partial charge is 0.255 e. The standard InChI is InChI=1S/C12H14N4O2/c1-7-4-11(13)10(6-14-7)12(17)15-5-9-3-8(2)16-18-9/h3-4,6H,5H2,1-2H3,(H2,13,14)(H,15,17). The molecule has 0 fully saturated rings. The Morgan fingerprint density at radius 2 is 2.17 bits per heavy atom. The van der Waals surface area contributed by atoms with Crippen molar-refractivity contribution in [1.29, 1.82) is 0 Å². The van der Waals surface area contributed by atoms with Crippen LogP contribution in [0.15, 0.2) is 22.9 Å². The molecule has 0 aliphatic heterocycles. The zero-order valence-electron chi connectivity index (χ0n) is 10.2. The Morgan fingerprint density at radius 1 is 1.39 bits per heavy atom. The number of carbonyl (C=O) groups excluding carboxylic acids is 1. The molecule has 0 unspecified atom stereocenters. The minimum absolute atomic E-state index is 0.271. The third kappa shape index (κ3) is 2.65. The molecule has 0 spiro atoms. The maximum absolute atomic E-state index is 11.9. The average Bonchev–Trinajstić information content (AvgIpc) is 2.72. The van der Waals surface area contributed by atoms with E-state index >= 15 is 0 Å². The first kappa shape index (κ1) is 12.1. The van der Waals surface area contributed by atoms with Gasteiger partial charge in [0, 0.05) is 23.6 Å². The lowest BCUT2D eigenvalue weighted by Crippen LogP contribution is -2.23. The van der Waals surface area contributed by atoms with E-state index in [1.54, 1.807) is 12.1 Å². The Kier molecular flexibility index (Phi) is 3.27. The number of hydrogen-bond donors (Lipinski definition) is 2. The fourth-order valence-corrected chi connectivity index (χ4v) is 1.53. The quantitative estimate of drug-likeness (QED) is 0.848. The van der Waals surface area contributed by atoms with Crippen molar-refractivity contribution in [3.63, 3.8) is 0 Å². The molecular formula is C12H14N4O2. The predicted octanol–water partition coefficient (Wildman–Crippen LogP) is 1.20. The van der Waals surface area contributed by atoms with E-state index in [2.05, 4.69) is 15.5 Å². The highest BCUT2D eigenvalue weighted by Gasteiger charge is 2.11. The fraction of sp³-hybridized carbons (Fsp3) is 0.250. The van der Waals surface area contributed by atoms with Crippen molar-refractivity contribution >= 4 is 11.6 Å². The molecule has 0 atom stereocenters. The molecule has 94 valence electrons. The largest absolute Gasteiger partial charge is 0.398 e. The number of nitrogen functional groups attached to an aromatic ring is 1. The van der Waals surface area contributed by atoms with E-state index in [1.165, 1.54) is 6.20 Å². The van der Waals surface area contributed by atoms with Crippen LogP contribution in [0.3, 0.4) is 0 Å². The second-order valence-electron chi connectivity index (χ2n) is 4.03. The molecule has 0 aliphatic carbocycles. The van der Waals surface area contributed by atoms with Crippen molar-refractivity contribution in [2.24, 2.45) is 0 Å². The topological polar surface area (TPSA) is 94.0 Å². The average molecular weight is 246 g/mol. The van der Waals surface area contributed by atoms with E-state index in [1.807, 2.05) is 13.8 Å². The molecule has 0 aromatic carbocycles. The van der Waals surface area contributed by atoms with Gasteiger partial charge in [0.05, 0.1) is 17.8 Å². The number of nitrogens with two attached hydrogens (primary N) is 1. The molecule has 0 bridgehead atoms. The lowest BCUT2D eigenvalue weighted by molar-refractivity contribution is 0.0947. The van der Waals surface area contributed by atoms with E-state index < -0.39 is 0 Å². The van der Waals surface area contributed by atoms with Gasteiger partial charge in [0.15, 0.2) is 5.76 Å². The molecule has 6 heteroatoms. The van der Waals surface area contributed by atoms with Gasteiger partial charge >= 0.3 is 0 Å². The highest BCUT2D eigenvalue weighted by atomic mass is 16.5. The van der Waals surface area contributed by atoms with Crippen LogP contribution < -0.4 is 11.1 Å². The number of aromatic nitrogens is 2. The number of rotatable bonds is 3. The minimum atomic E-state index is -0.283. The van der Waals surface area contributed by atoms with Crippen LogP contribution in [0.1, 0.15) is 27.5 Å². The molecule has 0 saturated carbocycles. The summed E-state index contributed by atoms with van der Waals surface area (Å²) in [6.07, 6.45) is 1.46. The van der Waals surface area contributed by atoms with Gasteiger partial charge in [-0.2, -0.15) is 0 Å². The van der Waals surface area contributed by atoms with Crippen molar-refractivity contribution in [1.82, 2.24) is 15.5 Å². The van der Waals surface area contributed by atoms with E-state index in [9.17, 15) is 4.79 Å². The first-order chi connectivity index (χ1) is 8.56. The normalized spacial score (nSPS) is 10.3. The summed E-state index contributed by atoms with van der Waals surface area (Å²) in [4.78, 5) is 15.9. The van der Waals surface area contributed by atoms with Crippen LogP contribution in [0.5, 0.6) is 0 Å². The van der Waals surface area contributed by atoms with Gasteiger partial charge in [-0.1, -0.05) is 5.16 Å². The van der Waals surface area contributed by atoms with Crippen molar-refractivity contribution in [3.8, 4) is 0 Å². The molecule has 0 saturated heterocycles. The molecule has 2 aromatic rings. The van der Waals surface area contributed by atoms with Gasteiger partial charge in [0.2, 0.25) is 0 Å². The Morgan fingerprint density at radius 3 is 2.78 bits per heavy atom. The van der Waals surface area contributed by atoms with Crippen LogP contribution in [-0.4, -0.2) is 16.0 Å². The number of nitrogens with one attached hydrogen (secondary N) is 1. The number of amides is 1. The molecule has 6 nitrogen and oxygen atoms in total. The van der Waals surface area contributed by atoms with Crippen molar-refractivity contribution in [3.05, 3.63) is 41.0 Å². The molecule has 2 rings (SSSR count). The van der Waals surface area contributed by atoms with Crippen molar-refractivity contribution in [2.45, 2.75) is 20.4 Å². The van der Waals surface area contributed by atoms with Gasteiger partial charge in [0.25, 0.3) is 5.91 Å². The van der Waals surface area contributed by atoms with E-state index in [-0.39, 0.29) is 12.5 Å². The Labute approximate surface area is 104 Å². The molecule has 2 heterocycles. The number of carbonyl (C=O) groups is 1. The number of pyridine rings is 1. The maximum Gasteiger partial charge on any atom is 0.255 e. The summed E-state index contributed by atoms with van der Waals surface area (Å²) < 4.78 is 4.99. The van der Waals surface area contributed by atoms with E-state index in [0.29, 0.717) is 17.0 Å². The summed E-state index contributed by atoms with van der Waals surface area (Å²) in [5.74, 6) is 0.313. The molecule has 0 radical (unpaired) electrons. The van der Waals surface area contributed by atoms with E-state index in [4.69, 9.17) is 10.3 Å². The van der Waals surface area contributed by atoms with Crippen LogP contribution in [0.25, 0.3) is 0 Å². The van der Waals surface area contributed by atoms with Crippen LogP contribution in [0, 0.1) is 13.8 Å². The third-order valence-electron chi connectivity index (χ3n) is 2.42. The molecule has 1 amide bonds. The van der Waals surface area contributed by atoms with Crippen LogP contribution in [0.4, 0.5) is 5.69 Å². The fourth-order valence-electron chi connectivity index (χ4n) is 1.53. The number of aryl methyl sites for hydroxylation is 2. The van der Waals surface area contributed by atoms with Gasteiger partial charge in [0.1, 0.15) is 0 Å². The summed E-state index contributed by atoms with van der Waals surface area (Å²) in [5, 5.41) is 6.43. The van der Waals surface area contributed by atoms with Crippen molar-refractivity contribution in [2.75, 3.05) is 5.73 Å². The summed E-state index contributed by atoms with van der Waals surface area (Å²) in [6.45, 7) is 3.90. The second-order valence-corrected chi connectivity index (χ2v) is 4.03. The first-order valence-electron chi connectivity index (χ1n) is 5.49. The molecule has 2 aromatic heterocycles. The van der Waals surface area contributed by atoms with Gasteiger partial charge < -0.3 is 15.6 Å². The van der Waals surface area contributed by atoms with Crippen molar-refractivity contribution < 1.29 is 9.32 Å². The Hall–Kier alpha value is -2.37. The summed E-state index contributed by atoms with van der Waals surface area (Å²) in [7, 11) is 0. The lowest BCUT2D eigenvalue weighted by Gasteiger charge is -2.06. The zero-order chi connectivity index (χ0) is 13.1. The Bertz CT molecular complexity index is 577. The van der Waals surface area contributed by atoms with Crippen LogP contribution in [0.2, 0.25) is 0 Å². The van der Waals surface area contributed by atoms with E-state index in [0.717, 1.165) is 11.4 Å². The third-order valence-corrected chi connectivity index (χ3v) is 2.42. The molecular weight excluding hydrogens is 232 g/mol. The first-order valence-corrected chi connectivity index (χ1v) is 5.49. The molecule has 0 aliphatic rings. The summed E-state index contributed by atoms with van der Waals surface area (Å²) >= 11 is 0. The van der Waals surface area contributed by atoms with Crippen LogP contribution >= 0.6 is 0 Å². The summed E-state index contributed by atoms with van der Waals surface area (Å²) in [6, 6.07) is 3.42. The SMILES string of the molecule is Cc1cc(N)c(C(=O)NCc2cc(C)no2)cn1.